The fourth-order valence-electron chi connectivity index (χ4n) is 3.07. The maximum Gasteiger partial charge on any atom is 0.416 e. The van der Waals surface area contributed by atoms with Gasteiger partial charge in [-0.1, -0.05) is 23.2 Å². The smallest absolute Gasteiger partial charge is 0.416 e. The summed E-state index contributed by atoms with van der Waals surface area (Å²) in [6, 6.07) is 9.60. The lowest BCUT2D eigenvalue weighted by atomic mass is 10.1. The molecule has 0 N–H and O–H groups in total. The van der Waals surface area contributed by atoms with Crippen LogP contribution in [0, 0.1) is 0 Å². The number of hydrogen-bond donors (Lipinski definition) is 0. The molecule has 3 aromatic rings. The van der Waals surface area contributed by atoms with E-state index in [0.717, 1.165) is 11.3 Å². The summed E-state index contributed by atoms with van der Waals surface area (Å²) >= 11 is 13.5. The van der Waals surface area contributed by atoms with Crippen LogP contribution in [0.5, 0.6) is 17.4 Å². The van der Waals surface area contributed by atoms with E-state index in [0.29, 0.717) is 35.3 Å². The fourth-order valence-corrected chi connectivity index (χ4v) is 4.30. The summed E-state index contributed by atoms with van der Waals surface area (Å²) in [5.41, 5.74) is 0.659. The topological polar surface area (TPSA) is 84.4 Å². The first-order chi connectivity index (χ1) is 17.1. The Morgan fingerprint density at radius 2 is 1.69 bits per heavy atom. The summed E-state index contributed by atoms with van der Waals surface area (Å²) in [7, 11) is 8.49. The van der Waals surface area contributed by atoms with Gasteiger partial charge < -0.3 is 24.0 Å². The maximum absolute atomic E-state index is 13.7. The molecule has 2 amide bonds. The predicted octanol–water partition coefficient (Wildman–Crippen LogP) is 5.44. The Balaban J connectivity index is 1.97. The second kappa shape index (κ2) is 12.3. The molecule has 1 aromatic heterocycles. The van der Waals surface area contributed by atoms with Crippen molar-refractivity contribution in [2.75, 3.05) is 53.4 Å². The number of hydrogen-bond acceptors (Lipinski definition) is 8. The van der Waals surface area contributed by atoms with E-state index in [1.807, 2.05) is 19.0 Å². The average molecular weight is 553 g/mol. The van der Waals surface area contributed by atoms with E-state index in [-0.39, 0.29) is 21.6 Å². The number of carbonyl (C=O) groups is 2. The van der Waals surface area contributed by atoms with Crippen molar-refractivity contribution in [1.82, 2.24) is 14.8 Å². The van der Waals surface area contributed by atoms with Crippen LogP contribution in [0.3, 0.4) is 0 Å². The van der Waals surface area contributed by atoms with E-state index < -0.39 is 12.0 Å². The van der Waals surface area contributed by atoms with Gasteiger partial charge in [-0.15, -0.1) is 11.3 Å². The summed E-state index contributed by atoms with van der Waals surface area (Å²) in [4.78, 5) is 35.3. The first-order valence-electron chi connectivity index (χ1n) is 10.7. The van der Waals surface area contributed by atoms with Crippen LogP contribution in [0.4, 0.5) is 15.6 Å². The van der Waals surface area contributed by atoms with Crippen molar-refractivity contribution in [1.29, 1.82) is 0 Å². The van der Waals surface area contributed by atoms with Gasteiger partial charge in [0.15, 0.2) is 11.5 Å². The van der Waals surface area contributed by atoms with Crippen molar-refractivity contribution in [2.45, 2.75) is 0 Å². The molecule has 0 saturated carbocycles. The van der Waals surface area contributed by atoms with E-state index in [1.165, 1.54) is 36.2 Å². The third-order valence-corrected chi connectivity index (χ3v) is 6.39. The number of carbonyl (C=O) groups excluding carboxylic acids is 2. The van der Waals surface area contributed by atoms with Crippen LogP contribution in [0.2, 0.25) is 10.0 Å². The van der Waals surface area contributed by atoms with Crippen LogP contribution in [-0.4, -0.2) is 75.2 Å². The van der Waals surface area contributed by atoms with E-state index >= 15 is 0 Å². The summed E-state index contributed by atoms with van der Waals surface area (Å²) in [5, 5.41) is 2.40. The van der Waals surface area contributed by atoms with Gasteiger partial charge in [0, 0.05) is 31.2 Å². The third kappa shape index (κ3) is 6.58. The zero-order valence-electron chi connectivity index (χ0n) is 20.4. The molecule has 36 heavy (non-hydrogen) atoms. The molecule has 9 nitrogen and oxygen atoms in total. The molecule has 0 bridgehead atoms. The average Bonchev–Trinajstić information content (AvgIpc) is 3.29. The first-order valence-corrected chi connectivity index (χ1v) is 12.3. The molecule has 12 heteroatoms. The SMILES string of the molecule is COc1ccc(N(C(=O)c2ccc(Cl)cc2Cl)c2nc(OC(=O)N(C)CCN(C)C)cs2)cc1OC. The van der Waals surface area contributed by atoms with Gasteiger partial charge in [-0.2, -0.15) is 4.98 Å². The van der Waals surface area contributed by atoms with Crippen LogP contribution in [0.1, 0.15) is 10.4 Å². The monoisotopic (exact) mass is 552 g/mol. The van der Waals surface area contributed by atoms with Gasteiger partial charge in [0.1, 0.15) is 0 Å². The molecule has 0 unspecified atom stereocenters. The van der Waals surface area contributed by atoms with Crippen molar-refractivity contribution in [3.8, 4) is 17.4 Å². The number of thiazole rings is 1. The zero-order chi connectivity index (χ0) is 26.4. The van der Waals surface area contributed by atoms with Crippen LogP contribution in [0.25, 0.3) is 0 Å². The van der Waals surface area contributed by atoms with Crippen molar-refractivity contribution in [3.63, 3.8) is 0 Å². The lowest BCUT2D eigenvalue weighted by Gasteiger charge is -2.22. The largest absolute Gasteiger partial charge is 0.493 e. The van der Waals surface area contributed by atoms with Gasteiger partial charge in [-0.25, -0.2) is 4.79 Å². The molecule has 0 radical (unpaired) electrons. The lowest BCUT2D eigenvalue weighted by molar-refractivity contribution is 0.0999. The number of likely N-dealkylation sites (N-methyl/N-ethyl adjacent to an activating group) is 2. The molecule has 0 atom stereocenters. The summed E-state index contributed by atoms with van der Waals surface area (Å²) in [6.45, 7) is 1.16. The highest BCUT2D eigenvalue weighted by molar-refractivity contribution is 7.14. The molecule has 0 aliphatic rings. The Morgan fingerprint density at radius 1 is 0.972 bits per heavy atom. The van der Waals surface area contributed by atoms with Gasteiger partial charge in [0.25, 0.3) is 5.91 Å². The summed E-state index contributed by atoms with van der Waals surface area (Å²) in [6.07, 6.45) is -0.557. The highest BCUT2D eigenvalue weighted by Crippen LogP contribution is 2.38. The minimum atomic E-state index is -0.557. The highest BCUT2D eigenvalue weighted by atomic mass is 35.5. The molecular weight excluding hydrogens is 527 g/mol. The molecule has 1 heterocycles. The number of anilines is 2. The van der Waals surface area contributed by atoms with Gasteiger partial charge in [-0.3, -0.25) is 9.69 Å². The molecule has 2 aromatic carbocycles. The van der Waals surface area contributed by atoms with Crippen LogP contribution in [-0.2, 0) is 0 Å². The van der Waals surface area contributed by atoms with Crippen molar-refractivity contribution in [3.05, 3.63) is 57.4 Å². The number of halogens is 2. The quantitative estimate of drug-likeness (QED) is 0.349. The number of ether oxygens (including phenoxy) is 3. The summed E-state index contributed by atoms with van der Waals surface area (Å²) < 4.78 is 16.1. The van der Waals surface area contributed by atoms with Crippen molar-refractivity contribution >= 4 is 57.4 Å². The molecule has 0 fully saturated rings. The van der Waals surface area contributed by atoms with Gasteiger partial charge in [0.05, 0.1) is 35.9 Å². The number of aromatic nitrogens is 1. The van der Waals surface area contributed by atoms with E-state index in [4.69, 9.17) is 37.4 Å². The Hall–Kier alpha value is -3.05. The van der Waals surface area contributed by atoms with Gasteiger partial charge in [-0.05, 0) is 44.4 Å². The van der Waals surface area contributed by atoms with Crippen LogP contribution < -0.4 is 19.1 Å². The summed E-state index contributed by atoms with van der Waals surface area (Å²) in [5.74, 6) is 0.518. The second-order valence-corrected chi connectivity index (χ2v) is 9.55. The molecule has 0 spiro atoms. The molecule has 0 aliphatic heterocycles. The number of rotatable bonds is 9. The molecule has 0 aliphatic carbocycles. The number of methoxy groups -OCH3 is 2. The number of amides is 2. The third-order valence-electron chi connectivity index (χ3n) is 5.04. The first kappa shape index (κ1) is 27.5. The van der Waals surface area contributed by atoms with Crippen LogP contribution in [0.15, 0.2) is 41.8 Å². The lowest BCUT2D eigenvalue weighted by Crippen LogP contribution is -2.35. The standard InChI is InChI=1S/C24H26Cl2N4O5S/c1-28(2)10-11-29(3)24(32)35-21-14-36-23(27-21)30(16-7-9-19(33-4)20(13-16)34-5)22(31)17-8-6-15(25)12-18(17)26/h6-9,12-14H,10-11H2,1-5H3. The molecular formula is C24H26Cl2N4O5S. The maximum atomic E-state index is 13.7. The minimum Gasteiger partial charge on any atom is -0.493 e. The van der Waals surface area contributed by atoms with Crippen molar-refractivity contribution < 1.29 is 23.8 Å². The Kier molecular flexibility index (Phi) is 9.38. The minimum absolute atomic E-state index is 0.0668. The second-order valence-electron chi connectivity index (χ2n) is 7.87. The Bertz CT molecular complexity index is 1240. The Morgan fingerprint density at radius 3 is 2.33 bits per heavy atom. The van der Waals surface area contributed by atoms with Crippen LogP contribution >= 0.6 is 34.5 Å². The zero-order valence-corrected chi connectivity index (χ0v) is 22.8. The van der Waals surface area contributed by atoms with E-state index in [9.17, 15) is 9.59 Å². The number of nitrogens with zero attached hydrogens (tertiary/aromatic N) is 4. The van der Waals surface area contributed by atoms with Crippen molar-refractivity contribution in [2.24, 2.45) is 0 Å². The Labute approximate surface area is 223 Å². The molecule has 3 rings (SSSR count). The van der Waals surface area contributed by atoms with Gasteiger partial charge in [0.2, 0.25) is 11.0 Å². The highest BCUT2D eigenvalue weighted by Gasteiger charge is 2.27. The van der Waals surface area contributed by atoms with E-state index in [2.05, 4.69) is 4.98 Å². The van der Waals surface area contributed by atoms with E-state index in [1.54, 1.807) is 36.7 Å². The predicted molar refractivity (Wildman–Crippen MR) is 142 cm³/mol. The molecule has 0 saturated heterocycles. The van der Waals surface area contributed by atoms with Gasteiger partial charge >= 0.3 is 6.09 Å². The fraction of sp³-hybridized carbons (Fsp3) is 0.292. The number of benzene rings is 2. The molecule has 192 valence electrons. The normalized spacial score (nSPS) is 10.8.